The zero-order valence-electron chi connectivity index (χ0n) is 10.8. The van der Waals surface area contributed by atoms with E-state index in [1.165, 1.54) is 0 Å². The second-order valence-electron chi connectivity index (χ2n) is 3.97. The molecule has 0 saturated heterocycles. The van der Waals surface area contributed by atoms with Crippen molar-refractivity contribution in [1.82, 2.24) is 5.32 Å². The molecule has 0 heterocycles. The van der Waals surface area contributed by atoms with E-state index in [-0.39, 0.29) is 12.3 Å². The van der Waals surface area contributed by atoms with Gasteiger partial charge in [0, 0.05) is 6.54 Å². The highest BCUT2D eigenvalue weighted by Crippen LogP contribution is 2.19. The molecule has 4 nitrogen and oxygen atoms in total. The molecule has 1 aromatic rings. The zero-order chi connectivity index (χ0) is 13.4. The normalized spacial score (nSPS) is 9.61. The van der Waals surface area contributed by atoms with Crippen molar-refractivity contribution in [2.45, 2.75) is 26.7 Å². The molecule has 1 N–H and O–H groups in total. The smallest absolute Gasteiger partial charge is 0.234 e. The lowest BCUT2D eigenvalue weighted by Gasteiger charge is -2.09. The van der Waals surface area contributed by atoms with Gasteiger partial charge in [0.15, 0.2) is 0 Å². The third kappa shape index (κ3) is 4.46. The summed E-state index contributed by atoms with van der Waals surface area (Å²) in [6.07, 6.45) is 0.673. The van der Waals surface area contributed by atoms with E-state index in [9.17, 15) is 4.79 Å². The summed E-state index contributed by atoms with van der Waals surface area (Å²) >= 11 is 0. The van der Waals surface area contributed by atoms with Crippen molar-refractivity contribution in [2.24, 2.45) is 0 Å². The maximum Gasteiger partial charge on any atom is 0.234 e. The molecule has 0 saturated carbocycles. The van der Waals surface area contributed by atoms with Crippen LogP contribution in [-0.4, -0.2) is 19.1 Å². The average molecular weight is 246 g/mol. The van der Waals surface area contributed by atoms with Crippen LogP contribution in [0.2, 0.25) is 0 Å². The zero-order valence-corrected chi connectivity index (χ0v) is 10.8. The highest BCUT2D eigenvalue weighted by molar-refractivity contribution is 5.77. The second kappa shape index (κ2) is 7.33. The van der Waals surface area contributed by atoms with Crippen LogP contribution in [0.1, 0.15) is 24.5 Å². The molecule has 0 unspecified atom stereocenters. The summed E-state index contributed by atoms with van der Waals surface area (Å²) in [6, 6.07) is 7.82. The van der Waals surface area contributed by atoms with Gasteiger partial charge in [-0.1, -0.05) is 12.1 Å². The average Bonchev–Trinajstić information content (AvgIpc) is 2.33. The van der Waals surface area contributed by atoms with Gasteiger partial charge in [0.2, 0.25) is 5.91 Å². The third-order valence-electron chi connectivity index (χ3n) is 2.51. The molecular weight excluding hydrogens is 228 g/mol. The summed E-state index contributed by atoms with van der Waals surface area (Å²) < 4.78 is 5.46. The van der Waals surface area contributed by atoms with E-state index in [0.29, 0.717) is 13.2 Å². The summed E-state index contributed by atoms with van der Waals surface area (Å²) in [5.41, 5.74) is 2.24. The number of aryl methyl sites for hydroxylation is 1. The lowest BCUT2D eigenvalue weighted by Crippen LogP contribution is -2.24. The van der Waals surface area contributed by atoms with Crippen LogP contribution in [0.4, 0.5) is 0 Å². The lowest BCUT2D eigenvalue weighted by molar-refractivity contribution is -0.120. The number of ether oxygens (including phenoxy) is 1. The number of rotatable bonds is 6. The molecule has 0 radical (unpaired) electrons. The molecule has 0 bridgehead atoms. The number of nitrogens with one attached hydrogen (secondary N) is 1. The number of carbonyl (C=O) groups excluding carboxylic acids is 1. The van der Waals surface area contributed by atoms with Crippen LogP contribution >= 0.6 is 0 Å². The Balaban J connectivity index is 2.46. The lowest BCUT2D eigenvalue weighted by atomic mass is 10.1. The Morgan fingerprint density at radius 3 is 2.89 bits per heavy atom. The van der Waals surface area contributed by atoms with Gasteiger partial charge in [0.25, 0.3) is 0 Å². The van der Waals surface area contributed by atoms with E-state index in [4.69, 9.17) is 10.00 Å². The first kappa shape index (κ1) is 14.0. The molecule has 18 heavy (non-hydrogen) atoms. The summed E-state index contributed by atoms with van der Waals surface area (Å²) in [5.74, 6) is 0.676. The van der Waals surface area contributed by atoms with Crippen LogP contribution in [0.3, 0.4) is 0 Å². The van der Waals surface area contributed by atoms with Gasteiger partial charge < -0.3 is 10.1 Å². The van der Waals surface area contributed by atoms with Crippen LogP contribution < -0.4 is 10.1 Å². The molecule has 0 atom stereocenters. The molecule has 1 rings (SSSR count). The van der Waals surface area contributed by atoms with Crippen molar-refractivity contribution >= 4 is 5.91 Å². The summed E-state index contributed by atoms with van der Waals surface area (Å²) in [4.78, 5) is 11.1. The predicted molar refractivity (Wildman–Crippen MR) is 69.3 cm³/mol. The van der Waals surface area contributed by atoms with Crippen LogP contribution in [0, 0.1) is 18.3 Å². The Morgan fingerprint density at radius 1 is 1.50 bits per heavy atom. The van der Waals surface area contributed by atoms with Crippen LogP contribution in [-0.2, 0) is 11.2 Å². The van der Waals surface area contributed by atoms with Crippen molar-refractivity contribution in [3.63, 3.8) is 0 Å². The number of nitriles is 1. The van der Waals surface area contributed by atoms with E-state index in [1.807, 2.05) is 32.0 Å². The Bertz CT molecular complexity index is 450. The van der Waals surface area contributed by atoms with E-state index in [0.717, 1.165) is 23.3 Å². The summed E-state index contributed by atoms with van der Waals surface area (Å²) in [7, 11) is 0. The fourth-order valence-corrected chi connectivity index (χ4v) is 1.67. The SMILES string of the molecule is CCOc1ccc(CCNC(=O)CC#N)cc1C. The minimum atomic E-state index is -0.222. The Labute approximate surface area is 108 Å². The van der Waals surface area contributed by atoms with Gasteiger partial charge in [0.05, 0.1) is 12.7 Å². The quantitative estimate of drug-likeness (QED) is 0.834. The van der Waals surface area contributed by atoms with Gasteiger partial charge in [0.1, 0.15) is 12.2 Å². The molecule has 96 valence electrons. The van der Waals surface area contributed by atoms with Crippen molar-refractivity contribution in [3.05, 3.63) is 29.3 Å². The monoisotopic (exact) mass is 246 g/mol. The number of nitrogens with zero attached hydrogens (tertiary/aromatic N) is 1. The van der Waals surface area contributed by atoms with Crippen molar-refractivity contribution in [1.29, 1.82) is 5.26 Å². The first-order chi connectivity index (χ1) is 8.67. The topological polar surface area (TPSA) is 62.1 Å². The van der Waals surface area contributed by atoms with Gasteiger partial charge in [-0.2, -0.15) is 5.26 Å². The third-order valence-corrected chi connectivity index (χ3v) is 2.51. The number of hydrogen-bond acceptors (Lipinski definition) is 3. The van der Waals surface area contributed by atoms with E-state index in [2.05, 4.69) is 11.4 Å². The number of benzene rings is 1. The van der Waals surface area contributed by atoms with Gasteiger partial charge in [-0.15, -0.1) is 0 Å². The van der Waals surface area contributed by atoms with Crippen LogP contribution in [0.5, 0.6) is 5.75 Å². The second-order valence-corrected chi connectivity index (χ2v) is 3.97. The number of carbonyl (C=O) groups is 1. The summed E-state index contributed by atoms with van der Waals surface area (Å²) in [5, 5.41) is 11.0. The van der Waals surface area contributed by atoms with Gasteiger partial charge >= 0.3 is 0 Å². The largest absolute Gasteiger partial charge is 0.494 e. The highest BCUT2D eigenvalue weighted by Gasteiger charge is 2.02. The van der Waals surface area contributed by atoms with Crippen molar-refractivity contribution < 1.29 is 9.53 Å². The Kier molecular flexibility index (Phi) is 5.72. The number of amides is 1. The maximum absolute atomic E-state index is 11.1. The molecule has 0 aromatic heterocycles. The molecule has 0 aliphatic heterocycles. The van der Waals surface area contributed by atoms with E-state index in [1.54, 1.807) is 0 Å². The van der Waals surface area contributed by atoms with Crippen molar-refractivity contribution in [3.8, 4) is 11.8 Å². The molecule has 1 aromatic carbocycles. The van der Waals surface area contributed by atoms with Gasteiger partial charge in [-0.05, 0) is 37.5 Å². The Morgan fingerprint density at radius 2 is 2.28 bits per heavy atom. The predicted octanol–water partition coefficient (Wildman–Crippen LogP) is 1.97. The van der Waals surface area contributed by atoms with Gasteiger partial charge in [-0.25, -0.2) is 0 Å². The maximum atomic E-state index is 11.1. The standard InChI is InChI=1S/C14H18N2O2/c1-3-18-13-5-4-12(10-11(13)2)7-9-16-14(17)6-8-15/h4-5,10H,3,6-7,9H2,1-2H3,(H,16,17). The highest BCUT2D eigenvalue weighted by atomic mass is 16.5. The van der Waals surface area contributed by atoms with Crippen LogP contribution in [0.25, 0.3) is 0 Å². The molecule has 0 aliphatic carbocycles. The fraction of sp³-hybridized carbons (Fsp3) is 0.429. The molecule has 4 heteroatoms. The first-order valence-corrected chi connectivity index (χ1v) is 6.03. The minimum absolute atomic E-state index is 0.0810. The molecule has 1 amide bonds. The number of hydrogen-bond donors (Lipinski definition) is 1. The molecule has 0 aliphatic rings. The fourth-order valence-electron chi connectivity index (χ4n) is 1.67. The van der Waals surface area contributed by atoms with E-state index < -0.39 is 0 Å². The molecule has 0 fully saturated rings. The summed E-state index contributed by atoms with van der Waals surface area (Å²) in [6.45, 7) is 5.17. The van der Waals surface area contributed by atoms with Gasteiger partial charge in [-0.3, -0.25) is 4.79 Å². The van der Waals surface area contributed by atoms with Crippen molar-refractivity contribution in [2.75, 3.05) is 13.2 Å². The van der Waals surface area contributed by atoms with E-state index >= 15 is 0 Å². The molecule has 0 spiro atoms. The first-order valence-electron chi connectivity index (χ1n) is 6.03. The minimum Gasteiger partial charge on any atom is -0.494 e. The Hall–Kier alpha value is -2.02. The molecular formula is C14H18N2O2. The van der Waals surface area contributed by atoms with Crippen LogP contribution in [0.15, 0.2) is 18.2 Å².